The third-order valence-corrected chi connectivity index (χ3v) is 2.70. The van der Waals surface area contributed by atoms with Crippen molar-refractivity contribution in [2.75, 3.05) is 0 Å². The zero-order valence-electron chi connectivity index (χ0n) is 8.82. The molecule has 2 aromatic rings. The third-order valence-electron chi connectivity index (χ3n) is 2.01. The molecule has 1 aromatic heterocycles. The van der Waals surface area contributed by atoms with Crippen LogP contribution in [0.5, 0.6) is 11.6 Å². The van der Waals surface area contributed by atoms with E-state index >= 15 is 0 Å². The van der Waals surface area contributed by atoms with Gasteiger partial charge in [-0.2, -0.15) is 5.26 Å². The van der Waals surface area contributed by atoms with Crippen molar-refractivity contribution in [3.05, 3.63) is 51.3 Å². The lowest BCUT2D eigenvalue weighted by Gasteiger charge is -2.06. The van der Waals surface area contributed by atoms with E-state index in [0.29, 0.717) is 10.0 Å². The summed E-state index contributed by atoms with van der Waals surface area (Å²) in [4.78, 5) is 3.85. The van der Waals surface area contributed by atoms with Gasteiger partial charge in [0, 0.05) is 10.5 Å². The Bertz CT molecular complexity index is 642. The van der Waals surface area contributed by atoms with E-state index in [2.05, 4.69) is 20.9 Å². The predicted octanol–water partition coefficient (Wildman–Crippen LogP) is 4.30. The van der Waals surface area contributed by atoms with Crippen molar-refractivity contribution in [1.82, 2.24) is 4.98 Å². The predicted molar refractivity (Wildman–Crippen MR) is 68.1 cm³/mol. The zero-order chi connectivity index (χ0) is 13.1. The van der Waals surface area contributed by atoms with Crippen molar-refractivity contribution in [1.29, 1.82) is 5.26 Å². The number of nitrogens with zero attached hydrogens (tertiary/aromatic N) is 2. The first-order chi connectivity index (χ1) is 8.58. The Morgan fingerprint density at radius 2 is 2.11 bits per heavy atom. The van der Waals surface area contributed by atoms with Crippen molar-refractivity contribution in [2.45, 2.75) is 0 Å². The summed E-state index contributed by atoms with van der Waals surface area (Å²) in [5.74, 6) is -0.457. The molecule has 1 heterocycles. The minimum atomic E-state index is -0.537. The van der Waals surface area contributed by atoms with Crippen LogP contribution in [0.1, 0.15) is 5.56 Å². The SMILES string of the molecule is N#Cc1cc(Cl)nc(Oc2ccc(Br)cc2F)c1. The Balaban J connectivity index is 2.34. The molecule has 90 valence electrons. The molecule has 6 heteroatoms. The van der Waals surface area contributed by atoms with Crippen LogP contribution in [-0.4, -0.2) is 4.98 Å². The number of halogens is 3. The van der Waals surface area contributed by atoms with Crippen molar-refractivity contribution in [3.8, 4) is 17.7 Å². The summed E-state index contributed by atoms with van der Waals surface area (Å²) >= 11 is 8.86. The van der Waals surface area contributed by atoms with Crippen LogP contribution in [0.4, 0.5) is 4.39 Å². The van der Waals surface area contributed by atoms with Gasteiger partial charge in [0.05, 0.1) is 11.6 Å². The molecule has 0 amide bonds. The van der Waals surface area contributed by atoms with Gasteiger partial charge in [0.25, 0.3) is 0 Å². The monoisotopic (exact) mass is 326 g/mol. The standard InChI is InChI=1S/C12H5BrClFN2O/c13-8-1-2-10(9(15)5-8)18-12-4-7(6-16)3-11(14)17-12/h1-5H. The molecule has 0 saturated heterocycles. The Kier molecular flexibility index (Phi) is 3.80. The fraction of sp³-hybridized carbons (Fsp3) is 0. The first-order valence-corrected chi connectivity index (χ1v) is 5.96. The van der Waals surface area contributed by atoms with E-state index in [1.54, 1.807) is 6.07 Å². The molecule has 18 heavy (non-hydrogen) atoms. The van der Waals surface area contributed by atoms with Crippen LogP contribution in [0.3, 0.4) is 0 Å². The second-order valence-electron chi connectivity index (χ2n) is 3.31. The first kappa shape index (κ1) is 12.8. The van der Waals surface area contributed by atoms with Crippen molar-refractivity contribution in [3.63, 3.8) is 0 Å². The Hall–Kier alpha value is -1.64. The van der Waals surface area contributed by atoms with Crippen molar-refractivity contribution in [2.24, 2.45) is 0 Å². The number of benzene rings is 1. The fourth-order valence-corrected chi connectivity index (χ4v) is 1.79. The summed E-state index contributed by atoms with van der Waals surface area (Å²) in [7, 11) is 0. The highest BCUT2D eigenvalue weighted by atomic mass is 79.9. The highest BCUT2D eigenvalue weighted by molar-refractivity contribution is 9.10. The van der Waals surface area contributed by atoms with Crippen LogP contribution in [0.25, 0.3) is 0 Å². The van der Waals surface area contributed by atoms with Crippen molar-refractivity contribution < 1.29 is 9.13 Å². The molecular weight excluding hydrogens is 322 g/mol. The van der Waals surface area contributed by atoms with Crippen LogP contribution in [0.15, 0.2) is 34.8 Å². The zero-order valence-corrected chi connectivity index (χ0v) is 11.2. The largest absolute Gasteiger partial charge is 0.436 e. The molecule has 0 radical (unpaired) electrons. The normalized spacial score (nSPS) is 9.89. The molecule has 0 aliphatic carbocycles. The summed E-state index contributed by atoms with van der Waals surface area (Å²) in [6.07, 6.45) is 0. The van der Waals surface area contributed by atoms with E-state index < -0.39 is 5.82 Å². The Labute approximate surface area is 116 Å². The highest BCUT2D eigenvalue weighted by Gasteiger charge is 2.08. The smallest absolute Gasteiger partial charge is 0.222 e. The molecular formula is C12H5BrClFN2O. The minimum absolute atomic E-state index is 0.0110. The lowest BCUT2D eigenvalue weighted by Crippen LogP contribution is -1.92. The number of pyridine rings is 1. The van der Waals surface area contributed by atoms with Crippen LogP contribution >= 0.6 is 27.5 Å². The van der Waals surface area contributed by atoms with Gasteiger partial charge in [-0.05, 0) is 24.3 Å². The van der Waals surface area contributed by atoms with Gasteiger partial charge in [-0.15, -0.1) is 0 Å². The Morgan fingerprint density at radius 3 is 2.78 bits per heavy atom. The number of aromatic nitrogens is 1. The maximum atomic E-state index is 13.5. The molecule has 0 aliphatic rings. The van der Waals surface area contributed by atoms with Gasteiger partial charge in [0.15, 0.2) is 11.6 Å². The maximum absolute atomic E-state index is 13.5. The summed E-state index contributed by atoms with van der Waals surface area (Å²) in [6, 6.07) is 9.04. The highest BCUT2D eigenvalue weighted by Crippen LogP contribution is 2.27. The van der Waals surface area contributed by atoms with E-state index in [4.69, 9.17) is 21.6 Å². The molecule has 0 spiro atoms. The first-order valence-electron chi connectivity index (χ1n) is 4.79. The summed E-state index contributed by atoms with van der Waals surface area (Å²) in [5.41, 5.74) is 0.294. The van der Waals surface area contributed by atoms with Crippen LogP contribution in [0, 0.1) is 17.1 Å². The molecule has 0 bridgehead atoms. The molecule has 0 atom stereocenters. The van der Waals surface area contributed by atoms with Crippen LogP contribution in [-0.2, 0) is 0 Å². The quantitative estimate of drug-likeness (QED) is 0.773. The lowest BCUT2D eigenvalue weighted by molar-refractivity contribution is 0.427. The van der Waals surface area contributed by atoms with Crippen molar-refractivity contribution >= 4 is 27.5 Å². The molecule has 0 N–H and O–H groups in total. The third kappa shape index (κ3) is 2.97. The average molecular weight is 328 g/mol. The molecule has 0 aliphatic heterocycles. The van der Waals surface area contributed by atoms with Gasteiger partial charge in [0.2, 0.25) is 5.88 Å². The van der Waals surface area contributed by atoms with Gasteiger partial charge in [0.1, 0.15) is 5.15 Å². The molecule has 0 unspecified atom stereocenters. The van der Waals surface area contributed by atoms with E-state index in [0.717, 1.165) is 0 Å². The maximum Gasteiger partial charge on any atom is 0.222 e. The van der Waals surface area contributed by atoms with Gasteiger partial charge in [-0.3, -0.25) is 0 Å². The fourth-order valence-electron chi connectivity index (χ4n) is 1.26. The second-order valence-corrected chi connectivity index (χ2v) is 4.61. The summed E-state index contributed by atoms with van der Waals surface area (Å²) < 4.78 is 19.4. The number of nitriles is 1. The number of hydrogen-bond donors (Lipinski definition) is 0. The second kappa shape index (κ2) is 5.34. The minimum Gasteiger partial charge on any atom is -0.436 e. The van der Waals surface area contributed by atoms with Gasteiger partial charge in [-0.25, -0.2) is 9.37 Å². The van der Waals surface area contributed by atoms with E-state index in [9.17, 15) is 4.39 Å². The van der Waals surface area contributed by atoms with Crippen LogP contribution in [0.2, 0.25) is 5.15 Å². The van der Waals surface area contributed by atoms with Crippen LogP contribution < -0.4 is 4.74 Å². The van der Waals surface area contributed by atoms with E-state index in [-0.39, 0.29) is 16.8 Å². The lowest BCUT2D eigenvalue weighted by atomic mass is 10.3. The Morgan fingerprint density at radius 1 is 1.33 bits per heavy atom. The number of rotatable bonds is 2. The molecule has 2 rings (SSSR count). The number of ether oxygens (including phenoxy) is 1. The topological polar surface area (TPSA) is 45.9 Å². The molecule has 0 saturated carbocycles. The average Bonchev–Trinajstić information content (AvgIpc) is 2.32. The molecule has 1 aromatic carbocycles. The van der Waals surface area contributed by atoms with Gasteiger partial charge in [-0.1, -0.05) is 27.5 Å². The molecule has 3 nitrogen and oxygen atoms in total. The number of hydrogen-bond acceptors (Lipinski definition) is 3. The van der Waals surface area contributed by atoms with E-state index in [1.807, 2.05) is 6.07 Å². The summed E-state index contributed by atoms with van der Waals surface area (Å²) in [6.45, 7) is 0. The van der Waals surface area contributed by atoms with E-state index in [1.165, 1.54) is 24.3 Å². The van der Waals surface area contributed by atoms with Gasteiger partial charge < -0.3 is 4.74 Å². The van der Waals surface area contributed by atoms with Gasteiger partial charge >= 0.3 is 0 Å². The summed E-state index contributed by atoms with van der Waals surface area (Å²) in [5, 5.41) is 8.88. The molecule has 0 fully saturated rings.